The van der Waals surface area contributed by atoms with Gasteiger partial charge in [0.05, 0.1) is 11.5 Å². The van der Waals surface area contributed by atoms with Gasteiger partial charge in [0.1, 0.15) is 6.04 Å². The van der Waals surface area contributed by atoms with Crippen LogP contribution in [-0.2, 0) is 9.59 Å². The van der Waals surface area contributed by atoms with Gasteiger partial charge in [-0.2, -0.15) is 13.2 Å². The Bertz CT molecular complexity index is 257. The largest absolute Gasteiger partial charge is 0.480 e. The molecule has 94 valence electrons. The van der Waals surface area contributed by atoms with Crippen LogP contribution in [-0.4, -0.2) is 40.7 Å². The van der Waals surface area contributed by atoms with E-state index in [4.69, 9.17) is 5.11 Å². The fraction of sp³-hybridized carbons (Fsp3) is 0.750. The van der Waals surface area contributed by atoms with Gasteiger partial charge in [-0.1, -0.05) is 6.92 Å². The molecule has 8 heteroatoms. The number of thioether (sulfide) groups is 1. The number of rotatable bonds is 6. The average Bonchev–Trinajstić information content (AvgIpc) is 2.11. The fourth-order valence-electron chi connectivity index (χ4n) is 0.834. The first-order chi connectivity index (χ1) is 7.26. The third-order valence-electron chi connectivity index (χ3n) is 1.54. The maximum Gasteiger partial charge on any atom is 0.397 e. The average molecular weight is 259 g/mol. The van der Waals surface area contributed by atoms with Crippen LogP contribution in [0.1, 0.15) is 13.3 Å². The van der Waals surface area contributed by atoms with Crippen LogP contribution in [0.25, 0.3) is 0 Å². The number of alkyl halides is 3. The first-order valence-corrected chi connectivity index (χ1v) is 5.58. The molecule has 1 atom stereocenters. The Hall–Kier alpha value is -0.920. The molecule has 0 aliphatic carbocycles. The minimum Gasteiger partial charge on any atom is -0.480 e. The van der Waals surface area contributed by atoms with Gasteiger partial charge in [0.2, 0.25) is 5.91 Å². The van der Waals surface area contributed by atoms with Crippen molar-refractivity contribution in [1.82, 2.24) is 5.32 Å². The molecule has 0 heterocycles. The van der Waals surface area contributed by atoms with E-state index in [9.17, 15) is 22.8 Å². The van der Waals surface area contributed by atoms with E-state index in [1.807, 2.05) is 0 Å². The van der Waals surface area contributed by atoms with Crippen molar-refractivity contribution < 1.29 is 27.9 Å². The van der Waals surface area contributed by atoms with Crippen LogP contribution in [0.15, 0.2) is 0 Å². The van der Waals surface area contributed by atoms with Crippen molar-refractivity contribution in [3.05, 3.63) is 0 Å². The Morgan fingerprint density at radius 2 is 2.00 bits per heavy atom. The Morgan fingerprint density at radius 3 is 2.38 bits per heavy atom. The van der Waals surface area contributed by atoms with Crippen LogP contribution in [0, 0.1) is 0 Å². The quantitative estimate of drug-likeness (QED) is 0.753. The molecule has 2 N–H and O–H groups in total. The lowest BCUT2D eigenvalue weighted by Crippen LogP contribution is -2.41. The first kappa shape index (κ1) is 15.1. The molecular formula is C8H12F3NO3S. The third-order valence-corrected chi connectivity index (χ3v) is 2.54. The minimum atomic E-state index is -4.32. The highest BCUT2D eigenvalue weighted by Crippen LogP contribution is 2.20. The van der Waals surface area contributed by atoms with Crippen LogP contribution in [0.5, 0.6) is 0 Å². The molecule has 0 aliphatic heterocycles. The van der Waals surface area contributed by atoms with E-state index in [1.165, 1.54) is 0 Å². The van der Waals surface area contributed by atoms with Crippen LogP contribution in [0.4, 0.5) is 13.2 Å². The summed E-state index contributed by atoms with van der Waals surface area (Å²) in [7, 11) is 0. The SMILES string of the molecule is CCC(NC(=O)CSCC(F)(F)F)C(=O)O. The van der Waals surface area contributed by atoms with Crippen molar-refractivity contribution in [2.45, 2.75) is 25.6 Å². The van der Waals surface area contributed by atoms with Gasteiger partial charge in [0.25, 0.3) is 0 Å². The summed E-state index contributed by atoms with van der Waals surface area (Å²) >= 11 is 0.403. The highest BCUT2D eigenvalue weighted by Gasteiger charge is 2.27. The molecule has 0 radical (unpaired) electrons. The predicted octanol–water partition coefficient (Wildman–Crippen LogP) is 1.26. The molecule has 0 fully saturated rings. The summed E-state index contributed by atoms with van der Waals surface area (Å²) in [6, 6.07) is -1.04. The zero-order chi connectivity index (χ0) is 12.8. The molecule has 0 aromatic rings. The minimum absolute atomic E-state index is 0.186. The second-order valence-electron chi connectivity index (χ2n) is 2.97. The number of carbonyl (C=O) groups excluding carboxylic acids is 1. The smallest absolute Gasteiger partial charge is 0.397 e. The lowest BCUT2D eigenvalue weighted by molar-refractivity contribution is -0.141. The summed E-state index contributed by atoms with van der Waals surface area (Å²) in [5.74, 6) is -3.42. The molecule has 0 spiro atoms. The van der Waals surface area contributed by atoms with E-state index in [2.05, 4.69) is 5.32 Å². The number of halogens is 3. The molecular weight excluding hydrogens is 247 g/mol. The van der Waals surface area contributed by atoms with Crippen molar-refractivity contribution >= 4 is 23.6 Å². The number of carboxylic acid groups (broad SMARTS) is 1. The van der Waals surface area contributed by atoms with Crippen molar-refractivity contribution in [2.75, 3.05) is 11.5 Å². The molecule has 16 heavy (non-hydrogen) atoms. The summed E-state index contributed by atoms with van der Waals surface area (Å²) in [6.45, 7) is 1.56. The van der Waals surface area contributed by atoms with Crippen LogP contribution in [0.3, 0.4) is 0 Å². The van der Waals surface area contributed by atoms with Crippen LogP contribution < -0.4 is 5.32 Å². The van der Waals surface area contributed by atoms with Crippen molar-refractivity contribution in [3.8, 4) is 0 Å². The summed E-state index contributed by atoms with van der Waals surface area (Å²) < 4.78 is 35.1. The Labute approximate surface area is 94.6 Å². The number of amides is 1. The number of aliphatic carboxylic acids is 1. The number of carbonyl (C=O) groups is 2. The van der Waals surface area contributed by atoms with Gasteiger partial charge in [0, 0.05) is 0 Å². The number of hydrogen-bond acceptors (Lipinski definition) is 3. The number of hydrogen-bond donors (Lipinski definition) is 2. The lowest BCUT2D eigenvalue weighted by Gasteiger charge is -2.12. The zero-order valence-corrected chi connectivity index (χ0v) is 9.32. The van der Waals surface area contributed by atoms with E-state index in [0.29, 0.717) is 11.8 Å². The van der Waals surface area contributed by atoms with E-state index in [1.54, 1.807) is 6.92 Å². The molecule has 4 nitrogen and oxygen atoms in total. The Balaban J connectivity index is 3.86. The topological polar surface area (TPSA) is 66.4 Å². The number of carboxylic acids is 1. The van der Waals surface area contributed by atoms with E-state index < -0.39 is 35.6 Å². The highest BCUT2D eigenvalue weighted by atomic mass is 32.2. The van der Waals surface area contributed by atoms with Crippen molar-refractivity contribution in [2.24, 2.45) is 0 Å². The molecule has 0 saturated heterocycles. The Morgan fingerprint density at radius 1 is 1.44 bits per heavy atom. The van der Waals surface area contributed by atoms with E-state index in [-0.39, 0.29) is 6.42 Å². The molecule has 1 unspecified atom stereocenters. The Kier molecular flexibility index (Phi) is 6.24. The summed E-state index contributed by atoms with van der Waals surface area (Å²) in [4.78, 5) is 21.5. The van der Waals surface area contributed by atoms with Gasteiger partial charge in [-0.15, -0.1) is 11.8 Å². The van der Waals surface area contributed by atoms with Gasteiger partial charge in [-0.25, -0.2) is 4.79 Å². The third kappa shape index (κ3) is 7.38. The number of nitrogens with one attached hydrogen (secondary N) is 1. The van der Waals surface area contributed by atoms with E-state index >= 15 is 0 Å². The zero-order valence-electron chi connectivity index (χ0n) is 8.50. The van der Waals surface area contributed by atoms with Gasteiger partial charge in [-0.3, -0.25) is 4.79 Å². The standard InChI is InChI=1S/C8H12F3NO3S/c1-2-5(7(14)15)12-6(13)3-16-4-8(9,10)11/h5H,2-4H2,1H3,(H,12,13)(H,14,15). The van der Waals surface area contributed by atoms with E-state index in [0.717, 1.165) is 0 Å². The van der Waals surface area contributed by atoms with Gasteiger partial charge >= 0.3 is 12.1 Å². The second-order valence-corrected chi connectivity index (χ2v) is 3.96. The summed E-state index contributed by atoms with van der Waals surface area (Å²) in [5, 5.41) is 10.7. The molecule has 0 aromatic carbocycles. The molecule has 0 saturated carbocycles. The summed E-state index contributed by atoms with van der Waals surface area (Å²) in [5.41, 5.74) is 0. The molecule has 1 amide bonds. The highest BCUT2D eigenvalue weighted by molar-refractivity contribution is 8.00. The maximum absolute atomic E-state index is 11.7. The fourth-order valence-corrected chi connectivity index (χ4v) is 1.44. The molecule has 0 aliphatic rings. The predicted molar refractivity (Wildman–Crippen MR) is 53.2 cm³/mol. The van der Waals surface area contributed by atoms with Crippen molar-refractivity contribution in [3.63, 3.8) is 0 Å². The molecule has 0 aromatic heterocycles. The van der Waals surface area contributed by atoms with Gasteiger partial charge in [-0.05, 0) is 6.42 Å². The summed E-state index contributed by atoms with van der Waals surface area (Å²) in [6.07, 6.45) is -4.13. The van der Waals surface area contributed by atoms with Crippen LogP contribution >= 0.6 is 11.8 Å². The van der Waals surface area contributed by atoms with Gasteiger partial charge < -0.3 is 10.4 Å². The second kappa shape index (κ2) is 6.62. The first-order valence-electron chi connectivity index (χ1n) is 4.43. The van der Waals surface area contributed by atoms with Crippen LogP contribution in [0.2, 0.25) is 0 Å². The lowest BCUT2D eigenvalue weighted by atomic mass is 10.2. The molecule has 0 bridgehead atoms. The normalized spacial score (nSPS) is 13.2. The molecule has 0 rings (SSSR count). The van der Waals surface area contributed by atoms with Crippen molar-refractivity contribution in [1.29, 1.82) is 0 Å². The van der Waals surface area contributed by atoms with Gasteiger partial charge in [0.15, 0.2) is 0 Å². The monoisotopic (exact) mass is 259 g/mol. The maximum atomic E-state index is 11.7.